The molecule has 3 aromatic heterocycles. The first-order valence-corrected chi connectivity index (χ1v) is 12.5. The number of hydrogen-bond donors (Lipinski definition) is 3. The molecule has 1 amide bonds. The van der Waals surface area contributed by atoms with Crippen molar-refractivity contribution >= 4 is 45.0 Å². The van der Waals surface area contributed by atoms with Crippen LogP contribution in [0.4, 0.5) is 17.2 Å². The Labute approximate surface area is 235 Å². The number of aromatic hydroxyl groups is 1. The number of para-hydroxylation sites is 1. The number of imidazole rings is 1. The average Bonchev–Trinajstić information content (AvgIpc) is 3.63. The van der Waals surface area contributed by atoms with Crippen LogP contribution < -0.4 is 16.6 Å². The minimum atomic E-state index is -0.617. The number of rotatable bonds is 5. The second-order valence-electron chi connectivity index (χ2n) is 9.23. The maximum Gasteiger partial charge on any atom is 0.332 e. The van der Waals surface area contributed by atoms with Crippen molar-refractivity contribution in [1.29, 1.82) is 5.26 Å². The minimum Gasteiger partial charge on any atom is -0.505 e. The Morgan fingerprint density at radius 3 is 2.55 bits per heavy atom. The van der Waals surface area contributed by atoms with E-state index in [2.05, 4.69) is 30.6 Å². The molecular weight excluding hydrogens is 540 g/mol. The van der Waals surface area contributed by atoms with Crippen LogP contribution in [0.5, 0.6) is 5.75 Å². The summed E-state index contributed by atoms with van der Waals surface area (Å²) < 4.78 is 3.29. The van der Waals surface area contributed by atoms with E-state index in [-0.39, 0.29) is 39.7 Å². The van der Waals surface area contributed by atoms with Crippen LogP contribution in [0.2, 0.25) is 0 Å². The lowest BCUT2D eigenvalue weighted by Crippen LogP contribution is -2.36. The molecule has 0 radical (unpaired) electrons. The molecule has 0 aliphatic heterocycles. The SMILES string of the molecule is Cn1c(=O)c2nc(-n3ncc(C#N)c3N=Nc3c(O)c(C(=O)Nc4ccccc4)cc4ccccc34)[nH]c2n(C)c1=O. The van der Waals surface area contributed by atoms with Gasteiger partial charge in [0.25, 0.3) is 11.5 Å². The van der Waals surface area contributed by atoms with Gasteiger partial charge in [0.1, 0.15) is 23.0 Å². The van der Waals surface area contributed by atoms with E-state index in [0.29, 0.717) is 16.5 Å². The van der Waals surface area contributed by atoms with Gasteiger partial charge in [-0.25, -0.2) is 9.78 Å². The summed E-state index contributed by atoms with van der Waals surface area (Å²) in [5.74, 6) is -1.04. The largest absolute Gasteiger partial charge is 0.505 e. The van der Waals surface area contributed by atoms with Crippen LogP contribution in [0.1, 0.15) is 15.9 Å². The summed E-state index contributed by atoms with van der Waals surface area (Å²) in [6.07, 6.45) is 1.24. The van der Waals surface area contributed by atoms with E-state index in [1.807, 2.05) is 12.1 Å². The molecule has 14 heteroatoms. The molecule has 0 spiro atoms. The molecule has 0 fully saturated rings. The van der Waals surface area contributed by atoms with Gasteiger partial charge in [0.2, 0.25) is 5.95 Å². The van der Waals surface area contributed by atoms with Gasteiger partial charge in [-0.3, -0.25) is 18.7 Å². The van der Waals surface area contributed by atoms with Crippen molar-refractivity contribution in [2.24, 2.45) is 24.3 Å². The monoisotopic (exact) mass is 560 g/mol. The Bertz CT molecular complexity index is 2230. The Kier molecular flexibility index (Phi) is 6.16. The third kappa shape index (κ3) is 4.18. The van der Waals surface area contributed by atoms with Crippen LogP contribution in [0.15, 0.2) is 86.7 Å². The summed E-state index contributed by atoms with van der Waals surface area (Å²) in [5, 5.41) is 37.4. The maximum absolute atomic E-state index is 13.1. The molecule has 0 atom stereocenters. The van der Waals surface area contributed by atoms with E-state index in [1.54, 1.807) is 54.6 Å². The van der Waals surface area contributed by atoms with Crippen molar-refractivity contribution in [2.75, 3.05) is 5.32 Å². The molecule has 3 heterocycles. The van der Waals surface area contributed by atoms with Gasteiger partial charge in [-0.1, -0.05) is 42.5 Å². The number of phenolic OH excluding ortho intramolecular Hbond substituents is 1. The van der Waals surface area contributed by atoms with Crippen LogP contribution in [-0.2, 0) is 14.1 Å². The predicted molar refractivity (Wildman–Crippen MR) is 153 cm³/mol. The van der Waals surface area contributed by atoms with E-state index < -0.39 is 22.9 Å². The average molecular weight is 561 g/mol. The van der Waals surface area contributed by atoms with Crippen LogP contribution in [0.25, 0.3) is 27.9 Å². The normalized spacial score (nSPS) is 11.4. The summed E-state index contributed by atoms with van der Waals surface area (Å²) in [7, 11) is 2.82. The Morgan fingerprint density at radius 2 is 1.79 bits per heavy atom. The van der Waals surface area contributed by atoms with Crippen LogP contribution in [-0.4, -0.2) is 39.9 Å². The van der Waals surface area contributed by atoms with Gasteiger partial charge >= 0.3 is 5.69 Å². The van der Waals surface area contributed by atoms with E-state index in [9.17, 15) is 24.8 Å². The molecule has 0 saturated carbocycles. The Balaban J connectivity index is 1.48. The number of nitrogens with one attached hydrogen (secondary N) is 2. The van der Waals surface area contributed by atoms with Gasteiger partial charge in [0, 0.05) is 25.2 Å². The third-order valence-electron chi connectivity index (χ3n) is 6.67. The predicted octanol–water partition coefficient (Wildman–Crippen LogP) is 3.54. The number of phenols is 1. The number of aromatic nitrogens is 6. The summed E-state index contributed by atoms with van der Waals surface area (Å²) in [5.41, 5.74) is -0.532. The highest BCUT2D eigenvalue weighted by atomic mass is 16.3. The van der Waals surface area contributed by atoms with E-state index in [1.165, 1.54) is 24.9 Å². The molecule has 3 N–H and O–H groups in total. The number of benzene rings is 3. The number of amides is 1. The zero-order valence-corrected chi connectivity index (χ0v) is 22.1. The number of nitrogens with zero attached hydrogens (tertiary/aromatic N) is 8. The second-order valence-corrected chi connectivity index (χ2v) is 9.23. The molecular formula is C28H20N10O4. The van der Waals surface area contributed by atoms with Gasteiger partial charge in [0.15, 0.2) is 17.1 Å². The number of aromatic amines is 1. The van der Waals surface area contributed by atoms with E-state index in [0.717, 1.165) is 9.25 Å². The van der Waals surface area contributed by atoms with Gasteiger partial charge in [-0.2, -0.15) is 15.0 Å². The Hall–Kier alpha value is -6.36. The highest BCUT2D eigenvalue weighted by molar-refractivity contribution is 6.11. The van der Waals surface area contributed by atoms with Crippen molar-refractivity contribution in [3.63, 3.8) is 0 Å². The summed E-state index contributed by atoms with van der Waals surface area (Å²) >= 11 is 0. The topological polar surface area (TPSA) is 188 Å². The highest BCUT2D eigenvalue weighted by Gasteiger charge is 2.21. The summed E-state index contributed by atoms with van der Waals surface area (Å²) in [6, 6.07) is 19.3. The van der Waals surface area contributed by atoms with Crippen molar-refractivity contribution in [3.8, 4) is 17.8 Å². The van der Waals surface area contributed by atoms with Crippen molar-refractivity contribution in [1.82, 2.24) is 28.9 Å². The van der Waals surface area contributed by atoms with Crippen LogP contribution in [0.3, 0.4) is 0 Å². The molecule has 206 valence electrons. The molecule has 0 bridgehead atoms. The van der Waals surface area contributed by atoms with Crippen LogP contribution in [0, 0.1) is 11.3 Å². The molecule has 0 aliphatic carbocycles. The number of H-pyrrole nitrogens is 1. The lowest BCUT2D eigenvalue weighted by molar-refractivity contribution is 0.102. The molecule has 0 aliphatic rings. The lowest BCUT2D eigenvalue weighted by atomic mass is 10.0. The first-order valence-electron chi connectivity index (χ1n) is 12.5. The molecule has 6 rings (SSSR count). The number of anilines is 1. The number of azo groups is 1. The molecule has 6 aromatic rings. The van der Waals surface area contributed by atoms with Crippen molar-refractivity contribution in [2.45, 2.75) is 0 Å². The van der Waals surface area contributed by atoms with E-state index >= 15 is 0 Å². The zero-order valence-electron chi connectivity index (χ0n) is 22.1. The highest BCUT2D eigenvalue weighted by Crippen LogP contribution is 2.40. The molecule has 0 unspecified atom stereocenters. The number of nitriles is 1. The molecule has 14 nitrogen and oxygen atoms in total. The first-order chi connectivity index (χ1) is 20.3. The first kappa shape index (κ1) is 25.9. The fourth-order valence-electron chi connectivity index (χ4n) is 4.49. The number of carbonyl (C=O) groups is 1. The maximum atomic E-state index is 13.1. The van der Waals surface area contributed by atoms with Gasteiger partial charge in [-0.05, 0) is 23.6 Å². The fraction of sp³-hybridized carbons (Fsp3) is 0.0714. The smallest absolute Gasteiger partial charge is 0.332 e. The number of fused-ring (bicyclic) bond motifs is 2. The summed E-state index contributed by atoms with van der Waals surface area (Å²) in [6.45, 7) is 0. The number of carbonyl (C=O) groups excluding carboxylic acids is 1. The lowest BCUT2D eigenvalue weighted by Gasteiger charge is -2.11. The van der Waals surface area contributed by atoms with Crippen molar-refractivity contribution in [3.05, 3.63) is 98.8 Å². The molecule has 3 aromatic carbocycles. The molecule has 42 heavy (non-hydrogen) atoms. The van der Waals surface area contributed by atoms with Crippen molar-refractivity contribution < 1.29 is 9.90 Å². The standard InChI is InChI=1S/C28H20N10O4/c1-36-24-21(26(41)37(2)28(36)42)32-27(33-24)38-23(16(13-29)14-30-38)35-34-20-18-11-7-6-8-15(18)12-19(22(20)39)25(40)31-17-9-4-3-5-10-17/h3-12,14,39H,1-2H3,(H,31,40)(H,32,33). The van der Waals surface area contributed by atoms with Gasteiger partial charge in [-0.15, -0.1) is 10.2 Å². The van der Waals surface area contributed by atoms with Gasteiger partial charge in [0.05, 0.1) is 11.8 Å². The minimum absolute atomic E-state index is 0.00354. The quantitative estimate of drug-likeness (QED) is 0.269. The van der Waals surface area contributed by atoms with Crippen LogP contribution >= 0.6 is 0 Å². The zero-order chi connectivity index (χ0) is 29.5. The molecule has 0 saturated heterocycles. The third-order valence-corrected chi connectivity index (χ3v) is 6.67. The van der Waals surface area contributed by atoms with E-state index in [4.69, 9.17) is 0 Å². The number of hydrogen-bond acceptors (Lipinski definition) is 9. The fourth-order valence-corrected chi connectivity index (χ4v) is 4.49. The second kappa shape index (κ2) is 9.99. The van der Waals surface area contributed by atoms with Gasteiger partial charge < -0.3 is 15.4 Å². The Morgan fingerprint density at radius 1 is 1.05 bits per heavy atom. The number of aryl methyl sites for hydroxylation is 1. The summed E-state index contributed by atoms with van der Waals surface area (Å²) in [4.78, 5) is 45.3.